The third kappa shape index (κ3) is 5.75. The molecule has 0 radical (unpaired) electrons. The van der Waals surface area contributed by atoms with Crippen LogP contribution in [0.5, 0.6) is 23.0 Å². The van der Waals surface area contributed by atoms with Crippen LogP contribution in [0.2, 0.25) is 0 Å². The van der Waals surface area contributed by atoms with Crippen LogP contribution in [0.25, 0.3) is 11.3 Å². The molecule has 38 heavy (non-hydrogen) atoms. The van der Waals surface area contributed by atoms with Crippen molar-refractivity contribution in [3.8, 4) is 34.3 Å². The molecule has 2 fully saturated rings. The molecule has 2 aromatic carbocycles. The Morgan fingerprint density at radius 3 is 2.39 bits per heavy atom. The Bertz CT molecular complexity index is 1290. The van der Waals surface area contributed by atoms with E-state index in [-0.39, 0.29) is 46.2 Å². The second-order valence-corrected chi connectivity index (χ2v) is 9.98. The molecule has 1 aliphatic carbocycles. The smallest absolute Gasteiger partial charge is 0.290 e. The summed E-state index contributed by atoms with van der Waals surface area (Å²) in [6.07, 6.45) is 8.25. The van der Waals surface area contributed by atoms with Crippen LogP contribution in [0.3, 0.4) is 0 Å². The molecule has 10 nitrogen and oxygen atoms in total. The number of phenols is 2. The van der Waals surface area contributed by atoms with Gasteiger partial charge in [-0.25, -0.2) is 0 Å². The number of aromatic hydroxyl groups is 2. The first kappa shape index (κ1) is 25.6. The van der Waals surface area contributed by atoms with E-state index in [1.165, 1.54) is 68.5 Å². The Hall–Kier alpha value is -4.05. The molecule has 10 heteroatoms. The molecule has 5 rings (SSSR count). The number of ether oxygens (including phenoxy) is 1. The molecule has 0 unspecified atom stereocenters. The molecular formula is C28H32N4O6. The highest BCUT2D eigenvalue weighted by Crippen LogP contribution is 2.42. The van der Waals surface area contributed by atoms with Gasteiger partial charge >= 0.3 is 0 Å². The van der Waals surface area contributed by atoms with Gasteiger partial charge in [0.05, 0.1) is 5.56 Å². The maximum absolute atomic E-state index is 12.9. The van der Waals surface area contributed by atoms with Crippen molar-refractivity contribution in [1.29, 1.82) is 0 Å². The van der Waals surface area contributed by atoms with Crippen LogP contribution in [0.15, 0.2) is 47.0 Å². The molecule has 0 atom stereocenters. The summed E-state index contributed by atoms with van der Waals surface area (Å²) in [7, 11) is 0. The number of hydrogen-bond donors (Lipinski definition) is 4. The lowest BCUT2D eigenvalue weighted by Crippen LogP contribution is -2.48. The normalized spacial score (nSPS) is 17.3. The summed E-state index contributed by atoms with van der Waals surface area (Å²) in [4.78, 5) is 26.8. The van der Waals surface area contributed by atoms with Gasteiger partial charge in [0.15, 0.2) is 0 Å². The van der Waals surface area contributed by atoms with E-state index in [1.54, 1.807) is 0 Å². The molecule has 200 valence electrons. The van der Waals surface area contributed by atoms with Gasteiger partial charge < -0.3 is 35.4 Å². The number of phenolic OH excluding ortho intramolecular Hbond substituents is 2. The van der Waals surface area contributed by atoms with Crippen molar-refractivity contribution >= 4 is 11.8 Å². The number of hydrogen-bond acceptors (Lipinski definition) is 8. The number of primary amides is 1. The first-order chi connectivity index (χ1) is 18.4. The molecule has 1 aromatic heterocycles. The summed E-state index contributed by atoms with van der Waals surface area (Å²) in [5.74, 6) is -1.04. The number of amides is 2. The Morgan fingerprint density at radius 2 is 1.71 bits per heavy atom. The van der Waals surface area contributed by atoms with Gasteiger partial charge in [-0.1, -0.05) is 24.4 Å². The Labute approximate surface area is 220 Å². The Kier molecular flexibility index (Phi) is 7.50. The van der Waals surface area contributed by atoms with Gasteiger partial charge in [0.25, 0.3) is 5.91 Å². The second kappa shape index (κ2) is 11.1. The fraction of sp³-hybridized carbons (Fsp3) is 0.393. The fourth-order valence-electron chi connectivity index (χ4n) is 5.35. The minimum absolute atomic E-state index is 0.0129. The summed E-state index contributed by atoms with van der Waals surface area (Å²) in [5.41, 5.74) is 5.90. The lowest BCUT2D eigenvalue weighted by Gasteiger charge is -2.39. The number of nitrogens with zero attached hydrogens (tertiary/aromatic N) is 2. The number of rotatable bonds is 7. The van der Waals surface area contributed by atoms with E-state index < -0.39 is 5.91 Å². The van der Waals surface area contributed by atoms with Gasteiger partial charge in [-0.05, 0) is 49.9 Å². The Morgan fingerprint density at radius 1 is 1.00 bits per heavy atom. The first-order valence-corrected chi connectivity index (χ1v) is 13.0. The van der Waals surface area contributed by atoms with Gasteiger partial charge in [0, 0.05) is 48.9 Å². The highest BCUT2D eigenvalue weighted by atomic mass is 16.5. The number of nitrogens with two attached hydrogens (primary N) is 1. The molecule has 1 aliphatic heterocycles. The van der Waals surface area contributed by atoms with Crippen molar-refractivity contribution in [2.24, 2.45) is 5.73 Å². The second-order valence-electron chi connectivity index (χ2n) is 9.98. The monoisotopic (exact) mass is 520 g/mol. The van der Waals surface area contributed by atoms with E-state index in [1.807, 2.05) is 0 Å². The zero-order valence-electron chi connectivity index (χ0n) is 21.1. The lowest BCUT2D eigenvalue weighted by atomic mass is 9.92. The molecule has 2 heterocycles. The Balaban J connectivity index is 1.27. The van der Waals surface area contributed by atoms with Crippen molar-refractivity contribution in [1.82, 2.24) is 15.4 Å². The summed E-state index contributed by atoms with van der Waals surface area (Å²) in [6, 6.07) is 10.7. The van der Waals surface area contributed by atoms with Crippen LogP contribution in [0.4, 0.5) is 0 Å². The maximum atomic E-state index is 12.9. The number of piperidine rings is 1. The van der Waals surface area contributed by atoms with Crippen LogP contribution < -0.4 is 15.8 Å². The van der Waals surface area contributed by atoms with Gasteiger partial charge in [0.1, 0.15) is 28.7 Å². The largest absolute Gasteiger partial charge is 0.508 e. The van der Waals surface area contributed by atoms with Crippen LogP contribution in [-0.4, -0.2) is 57.3 Å². The van der Waals surface area contributed by atoms with Crippen LogP contribution >= 0.6 is 0 Å². The maximum Gasteiger partial charge on any atom is 0.290 e. The SMILES string of the molecule is NC(=O)c1ccc(Oc2cc(O)cc(O)c2-c2cc(C(=O)NC3CCN(C4CCCCC4)CC3)on2)cc1. The zero-order valence-corrected chi connectivity index (χ0v) is 21.1. The standard InChI is InChI=1S/C28H32N4O6/c29-27(35)17-6-8-21(9-7-17)37-24-15-20(33)14-23(34)26(24)22-16-25(38-31-22)28(36)30-18-10-12-32(13-11-18)19-4-2-1-3-5-19/h6-9,14-16,18-19,33-34H,1-5,10-13H2,(H2,29,35)(H,30,36). The molecule has 1 saturated carbocycles. The minimum Gasteiger partial charge on any atom is -0.508 e. The van der Waals surface area contributed by atoms with Crippen molar-refractivity contribution in [3.05, 3.63) is 53.8 Å². The highest BCUT2D eigenvalue weighted by molar-refractivity contribution is 5.93. The quantitative estimate of drug-likeness (QED) is 0.362. The van der Waals surface area contributed by atoms with E-state index >= 15 is 0 Å². The predicted octanol–water partition coefficient (Wildman–Crippen LogP) is 4.17. The van der Waals surface area contributed by atoms with Crippen molar-refractivity contribution in [2.45, 2.75) is 57.0 Å². The molecular weight excluding hydrogens is 488 g/mol. The van der Waals surface area contributed by atoms with Gasteiger partial charge in [-0.3, -0.25) is 9.59 Å². The number of nitrogens with one attached hydrogen (secondary N) is 1. The van der Waals surface area contributed by atoms with Crippen molar-refractivity contribution < 1.29 is 29.1 Å². The predicted molar refractivity (Wildman–Crippen MR) is 139 cm³/mol. The molecule has 2 aliphatic rings. The molecule has 3 aromatic rings. The summed E-state index contributed by atoms with van der Waals surface area (Å²) in [6.45, 7) is 1.94. The average Bonchev–Trinajstić information content (AvgIpc) is 3.39. The lowest BCUT2D eigenvalue weighted by molar-refractivity contribution is 0.0832. The third-order valence-corrected chi connectivity index (χ3v) is 7.38. The molecule has 0 bridgehead atoms. The average molecular weight is 521 g/mol. The number of carbonyl (C=O) groups is 2. The molecule has 0 spiro atoms. The number of benzene rings is 2. The molecule has 1 saturated heterocycles. The zero-order chi connectivity index (χ0) is 26.6. The minimum atomic E-state index is -0.574. The summed E-state index contributed by atoms with van der Waals surface area (Å²) in [5, 5.41) is 27.6. The first-order valence-electron chi connectivity index (χ1n) is 13.0. The summed E-state index contributed by atoms with van der Waals surface area (Å²) < 4.78 is 11.2. The molecule has 2 amide bonds. The van der Waals surface area contributed by atoms with Gasteiger partial charge in [-0.15, -0.1) is 0 Å². The van der Waals surface area contributed by atoms with Crippen LogP contribution in [0, 0.1) is 0 Å². The van der Waals surface area contributed by atoms with E-state index in [0.29, 0.717) is 17.4 Å². The van der Waals surface area contributed by atoms with E-state index in [2.05, 4.69) is 15.4 Å². The van der Waals surface area contributed by atoms with Crippen LogP contribution in [-0.2, 0) is 0 Å². The summed E-state index contributed by atoms with van der Waals surface area (Å²) >= 11 is 0. The number of carbonyl (C=O) groups excluding carboxylic acids is 2. The van der Waals surface area contributed by atoms with Crippen molar-refractivity contribution in [3.63, 3.8) is 0 Å². The number of likely N-dealkylation sites (tertiary alicyclic amines) is 1. The van der Waals surface area contributed by atoms with E-state index in [0.717, 1.165) is 32.0 Å². The van der Waals surface area contributed by atoms with E-state index in [9.17, 15) is 19.8 Å². The topological polar surface area (TPSA) is 151 Å². The van der Waals surface area contributed by atoms with Gasteiger partial charge in [0.2, 0.25) is 11.7 Å². The number of aromatic nitrogens is 1. The van der Waals surface area contributed by atoms with Crippen molar-refractivity contribution in [2.75, 3.05) is 13.1 Å². The van der Waals surface area contributed by atoms with Gasteiger partial charge in [-0.2, -0.15) is 0 Å². The van der Waals surface area contributed by atoms with E-state index in [4.69, 9.17) is 15.0 Å². The van der Waals surface area contributed by atoms with Crippen LogP contribution in [0.1, 0.15) is 65.9 Å². The third-order valence-electron chi connectivity index (χ3n) is 7.38. The highest BCUT2D eigenvalue weighted by Gasteiger charge is 2.28. The fourth-order valence-corrected chi connectivity index (χ4v) is 5.35. The molecule has 5 N–H and O–H groups in total.